The van der Waals surface area contributed by atoms with Crippen molar-refractivity contribution in [1.29, 1.82) is 0 Å². The van der Waals surface area contributed by atoms with E-state index in [4.69, 9.17) is 23.2 Å². The molecule has 0 radical (unpaired) electrons. The van der Waals surface area contributed by atoms with Gasteiger partial charge in [0.25, 0.3) is 0 Å². The molecule has 0 spiro atoms. The molecule has 5 heteroatoms. The highest BCUT2D eigenvalue weighted by Gasteiger charge is 2.08. The molecule has 0 bridgehead atoms. The van der Waals surface area contributed by atoms with Crippen molar-refractivity contribution in [3.8, 4) is 11.1 Å². The molecule has 0 saturated carbocycles. The van der Waals surface area contributed by atoms with Gasteiger partial charge >= 0.3 is 0 Å². The van der Waals surface area contributed by atoms with Gasteiger partial charge in [-0.25, -0.2) is 4.98 Å². The van der Waals surface area contributed by atoms with E-state index in [1.807, 2.05) is 22.6 Å². The maximum atomic E-state index is 13.0. The van der Waals surface area contributed by atoms with Crippen molar-refractivity contribution < 1.29 is 4.39 Å². The minimum atomic E-state index is -0.484. The summed E-state index contributed by atoms with van der Waals surface area (Å²) in [5.41, 5.74) is 1.50. The minimum Gasteiger partial charge on any atom is -0.227 e. The van der Waals surface area contributed by atoms with Gasteiger partial charge in [-0.3, -0.25) is 0 Å². The molecule has 0 atom stereocenters. The third kappa shape index (κ3) is 2.47. The summed E-state index contributed by atoms with van der Waals surface area (Å²) in [5.74, 6) is -0.484. The van der Waals surface area contributed by atoms with Gasteiger partial charge in [0.15, 0.2) is 0 Å². The number of benzene rings is 1. The van der Waals surface area contributed by atoms with Crippen LogP contribution in [0.1, 0.15) is 0 Å². The molecule has 1 nitrogen and oxygen atoms in total. The summed E-state index contributed by atoms with van der Waals surface area (Å²) in [4.78, 5) is 3.65. The Balaban J connectivity index is 2.58. The van der Waals surface area contributed by atoms with Crippen molar-refractivity contribution in [2.45, 2.75) is 0 Å². The summed E-state index contributed by atoms with van der Waals surface area (Å²) in [5, 5.41) is 1.15. The highest BCUT2D eigenvalue weighted by molar-refractivity contribution is 14.1. The second-order valence-corrected chi connectivity index (χ2v) is 5.13. The second kappa shape index (κ2) is 4.85. The zero-order chi connectivity index (χ0) is 11.7. The van der Waals surface area contributed by atoms with E-state index in [2.05, 4.69) is 4.98 Å². The van der Waals surface area contributed by atoms with Crippen LogP contribution in [0.3, 0.4) is 0 Å². The first kappa shape index (κ1) is 12.1. The molecule has 16 heavy (non-hydrogen) atoms. The third-order valence-corrected chi connectivity index (χ3v) is 3.36. The van der Waals surface area contributed by atoms with Gasteiger partial charge in [0, 0.05) is 27.4 Å². The third-order valence-electron chi connectivity index (χ3n) is 2.04. The molecular weight excluding hydrogens is 363 g/mol. The number of rotatable bonds is 1. The lowest BCUT2D eigenvalue weighted by Crippen LogP contribution is -1.89. The number of hydrogen-bond acceptors (Lipinski definition) is 1. The van der Waals surface area contributed by atoms with Crippen molar-refractivity contribution in [1.82, 2.24) is 4.98 Å². The van der Waals surface area contributed by atoms with Gasteiger partial charge in [-0.1, -0.05) is 23.2 Å². The molecule has 0 aliphatic rings. The summed E-state index contributed by atoms with van der Waals surface area (Å²) in [6.45, 7) is 0. The monoisotopic (exact) mass is 367 g/mol. The quantitative estimate of drug-likeness (QED) is 0.521. The van der Waals surface area contributed by atoms with Crippen LogP contribution in [-0.2, 0) is 0 Å². The average Bonchev–Trinajstić information content (AvgIpc) is 2.26. The van der Waals surface area contributed by atoms with Gasteiger partial charge in [0.2, 0.25) is 5.95 Å². The van der Waals surface area contributed by atoms with Crippen LogP contribution in [0.5, 0.6) is 0 Å². The number of aromatic nitrogens is 1. The predicted octanol–water partition coefficient (Wildman–Crippen LogP) is 4.80. The zero-order valence-electron chi connectivity index (χ0n) is 7.85. The van der Waals surface area contributed by atoms with Crippen LogP contribution in [0.4, 0.5) is 4.39 Å². The van der Waals surface area contributed by atoms with Crippen LogP contribution >= 0.6 is 45.8 Å². The molecule has 0 unspecified atom stereocenters. The van der Waals surface area contributed by atoms with Gasteiger partial charge in [-0.15, -0.1) is 0 Å². The molecule has 0 amide bonds. The fraction of sp³-hybridized carbons (Fsp3) is 0. The molecule has 1 aromatic carbocycles. The smallest absolute Gasteiger partial charge is 0.226 e. The molecule has 0 aliphatic heterocycles. The Labute approximate surface area is 116 Å². The first-order chi connectivity index (χ1) is 7.58. The first-order valence-electron chi connectivity index (χ1n) is 4.34. The highest BCUT2D eigenvalue weighted by Crippen LogP contribution is 2.31. The van der Waals surface area contributed by atoms with Gasteiger partial charge in [-0.05, 0) is 46.9 Å². The lowest BCUT2D eigenvalue weighted by molar-refractivity contribution is 0.576. The Morgan fingerprint density at radius 2 is 1.94 bits per heavy atom. The van der Waals surface area contributed by atoms with Crippen LogP contribution < -0.4 is 0 Å². The zero-order valence-corrected chi connectivity index (χ0v) is 11.5. The van der Waals surface area contributed by atoms with Gasteiger partial charge in [0.1, 0.15) is 0 Å². The second-order valence-electron chi connectivity index (χ2n) is 3.12. The predicted molar refractivity (Wildman–Crippen MR) is 72.4 cm³/mol. The maximum Gasteiger partial charge on any atom is 0.226 e. The van der Waals surface area contributed by atoms with Gasteiger partial charge < -0.3 is 0 Å². The van der Waals surface area contributed by atoms with Crippen molar-refractivity contribution in [2.75, 3.05) is 0 Å². The highest BCUT2D eigenvalue weighted by atomic mass is 127. The van der Waals surface area contributed by atoms with E-state index in [-0.39, 0.29) is 0 Å². The average molecular weight is 368 g/mol. The lowest BCUT2D eigenvalue weighted by Gasteiger charge is -2.05. The summed E-state index contributed by atoms with van der Waals surface area (Å²) < 4.78 is 13.5. The number of halogens is 4. The minimum absolute atomic E-state index is 0.450. The van der Waals surface area contributed by atoms with E-state index in [9.17, 15) is 4.39 Å². The van der Waals surface area contributed by atoms with Gasteiger partial charge in [0.05, 0.1) is 3.57 Å². The first-order valence-corrected chi connectivity index (χ1v) is 6.18. The molecule has 0 saturated heterocycles. The summed E-state index contributed by atoms with van der Waals surface area (Å²) in [6, 6.07) is 6.82. The van der Waals surface area contributed by atoms with Crippen LogP contribution in [0, 0.1) is 9.52 Å². The summed E-state index contributed by atoms with van der Waals surface area (Å²) in [6.07, 6.45) is 1.44. The Kier molecular flexibility index (Phi) is 3.66. The largest absolute Gasteiger partial charge is 0.227 e. The summed E-state index contributed by atoms with van der Waals surface area (Å²) in [7, 11) is 0. The Morgan fingerprint density at radius 3 is 2.62 bits per heavy atom. The maximum absolute atomic E-state index is 13.0. The van der Waals surface area contributed by atoms with E-state index in [0.29, 0.717) is 13.6 Å². The molecule has 2 rings (SSSR count). The molecule has 1 aromatic heterocycles. The van der Waals surface area contributed by atoms with E-state index in [1.54, 1.807) is 24.3 Å². The molecule has 82 valence electrons. The standard InChI is InChI=1S/C11H5Cl2FIN/c12-7-1-2-9(13)8(4-7)6-3-10(15)11(14)16-5-6/h1-5H. The number of pyridine rings is 1. The van der Waals surface area contributed by atoms with Crippen LogP contribution in [-0.4, -0.2) is 4.98 Å². The van der Waals surface area contributed by atoms with E-state index >= 15 is 0 Å². The number of nitrogens with zero attached hydrogens (tertiary/aromatic N) is 1. The van der Waals surface area contributed by atoms with Crippen LogP contribution in [0.2, 0.25) is 10.0 Å². The molecule has 0 fully saturated rings. The fourth-order valence-corrected chi connectivity index (χ4v) is 2.16. The summed E-state index contributed by atoms with van der Waals surface area (Å²) >= 11 is 13.8. The molecule has 0 aliphatic carbocycles. The Hall–Kier alpha value is -0.390. The molecule has 2 aromatic rings. The van der Waals surface area contributed by atoms with Crippen molar-refractivity contribution in [3.05, 3.63) is 50.0 Å². The van der Waals surface area contributed by atoms with Crippen molar-refractivity contribution in [3.63, 3.8) is 0 Å². The van der Waals surface area contributed by atoms with E-state index < -0.39 is 5.95 Å². The SMILES string of the molecule is Fc1ncc(-c2cc(Cl)ccc2Cl)cc1I. The van der Waals surface area contributed by atoms with Crippen molar-refractivity contribution >= 4 is 45.8 Å². The number of hydrogen-bond donors (Lipinski definition) is 0. The van der Waals surface area contributed by atoms with E-state index in [0.717, 1.165) is 11.1 Å². The topological polar surface area (TPSA) is 12.9 Å². The normalized spacial score (nSPS) is 10.5. The van der Waals surface area contributed by atoms with Crippen molar-refractivity contribution in [2.24, 2.45) is 0 Å². The van der Waals surface area contributed by atoms with Crippen LogP contribution in [0.25, 0.3) is 11.1 Å². The molecule has 1 heterocycles. The fourth-order valence-electron chi connectivity index (χ4n) is 1.29. The Bertz CT molecular complexity index is 546. The Morgan fingerprint density at radius 1 is 1.19 bits per heavy atom. The van der Waals surface area contributed by atoms with E-state index in [1.165, 1.54) is 6.20 Å². The van der Waals surface area contributed by atoms with Gasteiger partial charge in [-0.2, -0.15) is 4.39 Å². The lowest BCUT2D eigenvalue weighted by atomic mass is 10.1. The van der Waals surface area contributed by atoms with Crippen LogP contribution in [0.15, 0.2) is 30.5 Å². The molecule has 0 N–H and O–H groups in total. The molecular formula is C11H5Cl2FIN.